The predicted molar refractivity (Wildman–Crippen MR) is 99.9 cm³/mol. The van der Waals surface area contributed by atoms with Gasteiger partial charge < -0.3 is 4.74 Å². The number of ether oxygens (including phenoxy) is 1. The standard InChI is InChI=1S/C20H22ClF2N3O/c21-18-9-24-7-5-15(18)11-25-8-6-19-16(12-25)13-26(19)10-14-1-3-17(4-2-14)27-20(22)23/h1-5,7,9,16,19-20H,6,8,10-13H2/t16-,19-/m0/s1. The van der Waals surface area contributed by atoms with Gasteiger partial charge in [-0.15, -0.1) is 0 Å². The van der Waals surface area contributed by atoms with E-state index in [1.54, 1.807) is 24.5 Å². The lowest BCUT2D eigenvalue weighted by molar-refractivity contribution is -0.0514. The number of rotatable bonds is 6. The number of alkyl halides is 2. The molecule has 2 aromatic rings. The maximum absolute atomic E-state index is 12.2. The van der Waals surface area contributed by atoms with Crippen molar-refractivity contribution in [3.8, 4) is 5.75 Å². The van der Waals surface area contributed by atoms with Gasteiger partial charge in [0.1, 0.15) is 5.75 Å². The largest absolute Gasteiger partial charge is 0.435 e. The smallest absolute Gasteiger partial charge is 0.387 e. The molecule has 1 aromatic carbocycles. The van der Waals surface area contributed by atoms with Gasteiger partial charge in [0.05, 0.1) is 5.02 Å². The van der Waals surface area contributed by atoms with Crippen molar-refractivity contribution in [2.75, 3.05) is 19.6 Å². The average Bonchev–Trinajstić information content (AvgIpc) is 2.63. The van der Waals surface area contributed by atoms with Crippen molar-refractivity contribution in [1.82, 2.24) is 14.8 Å². The Balaban J connectivity index is 1.28. The number of pyridine rings is 1. The fourth-order valence-corrected chi connectivity index (χ4v) is 4.34. The Bertz CT molecular complexity index is 774. The van der Waals surface area contributed by atoms with Gasteiger partial charge in [0.25, 0.3) is 0 Å². The van der Waals surface area contributed by atoms with Gasteiger partial charge in [0, 0.05) is 44.6 Å². The lowest BCUT2D eigenvalue weighted by Gasteiger charge is -2.53. The van der Waals surface area contributed by atoms with E-state index in [9.17, 15) is 8.78 Å². The first-order chi connectivity index (χ1) is 13.1. The molecule has 144 valence electrons. The number of halogens is 3. The lowest BCUT2D eigenvalue weighted by Crippen LogP contribution is -2.62. The summed E-state index contributed by atoms with van der Waals surface area (Å²) in [4.78, 5) is 8.99. The van der Waals surface area contributed by atoms with Gasteiger partial charge in [-0.3, -0.25) is 14.8 Å². The van der Waals surface area contributed by atoms with Gasteiger partial charge in [-0.1, -0.05) is 23.7 Å². The molecule has 2 saturated heterocycles. The average molecular weight is 394 g/mol. The van der Waals surface area contributed by atoms with E-state index >= 15 is 0 Å². The van der Waals surface area contributed by atoms with E-state index in [-0.39, 0.29) is 5.75 Å². The highest BCUT2D eigenvalue weighted by atomic mass is 35.5. The molecule has 2 aliphatic heterocycles. The van der Waals surface area contributed by atoms with Crippen LogP contribution in [0.4, 0.5) is 8.78 Å². The van der Waals surface area contributed by atoms with E-state index in [1.165, 1.54) is 0 Å². The number of fused-ring (bicyclic) bond motifs is 1. The Morgan fingerprint density at radius 2 is 1.96 bits per heavy atom. The number of aromatic nitrogens is 1. The van der Waals surface area contributed by atoms with E-state index in [4.69, 9.17) is 11.6 Å². The van der Waals surface area contributed by atoms with Crippen molar-refractivity contribution in [2.45, 2.75) is 32.2 Å². The minimum Gasteiger partial charge on any atom is -0.435 e. The normalized spacial score (nSPS) is 23.1. The maximum atomic E-state index is 12.2. The van der Waals surface area contributed by atoms with E-state index in [1.807, 2.05) is 18.2 Å². The molecule has 0 aliphatic carbocycles. The zero-order valence-electron chi connectivity index (χ0n) is 14.9. The first-order valence-electron chi connectivity index (χ1n) is 9.17. The second-order valence-electron chi connectivity index (χ2n) is 7.27. The van der Waals surface area contributed by atoms with Crippen LogP contribution in [0.3, 0.4) is 0 Å². The first-order valence-corrected chi connectivity index (χ1v) is 9.55. The molecular formula is C20H22ClF2N3O. The molecule has 4 nitrogen and oxygen atoms in total. The minimum absolute atomic E-state index is 0.207. The minimum atomic E-state index is -2.78. The molecule has 0 unspecified atom stereocenters. The summed E-state index contributed by atoms with van der Waals surface area (Å²) in [5, 5.41) is 0.731. The van der Waals surface area contributed by atoms with Crippen molar-refractivity contribution >= 4 is 11.6 Å². The van der Waals surface area contributed by atoms with Crippen LogP contribution < -0.4 is 4.74 Å². The molecule has 0 bridgehead atoms. The summed E-state index contributed by atoms with van der Waals surface area (Å²) < 4.78 is 28.9. The van der Waals surface area contributed by atoms with Crippen molar-refractivity contribution < 1.29 is 13.5 Å². The van der Waals surface area contributed by atoms with Crippen molar-refractivity contribution in [2.24, 2.45) is 5.92 Å². The topological polar surface area (TPSA) is 28.6 Å². The summed E-state index contributed by atoms with van der Waals surface area (Å²) in [5.74, 6) is 0.888. The molecule has 0 saturated carbocycles. The van der Waals surface area contributed by atoms with Crippen LogP contribution in [0.2, 0.25) is 5.02 Å². The molecule has 0 spiro atoms. The molecule has 4 rings (SSSR count). The summed E-state index contributed by atoms with van der Waals surface area (Å²) >= 11 is 6.23. The van der Waals surface area contributed by atoms with Crippen LogP contribution in [0.1, 0.15) is 17.5 Å². The summed E-state index contributed by atoms with van der Waals surface area (Å²) in [6, 6.07) is 9.55. The number of hydrogen-bond acceptors (Lipinski definition) is 4. The van der Waals surface area contributed by atoms with Gasteiger partial charge in [-0.25, -0.2) is 0 Å². The van der Waals surface area contributed by atoms with Crippen molar-refractivity contribution in [1.29, 1.82) is 0 Å². The number of nitrogens with zero attached hydrogens (tertiary/aromatic N) is 3. The molecule has 3 heterocycles. The van der Waals surface area contributed by atoms with Crippen LogP contribution in [0.25, 0.3) is 0 Å². The van der Waals surface area contributed by atoms with Gasteiger partial charge in [-0.2, -0.15) is 8.78 Å². The second kappa shape index (κ2) is 8.09. The van der Waals surface area contributed by atoms with Crippen LogP contribution in [0, 0.1) is 5.92 Å². The van der Waals surface area contributed by atoms with Gasteiger partial charge in [0.2, 0.25) is 0 Å². The quantitative estimate of drug-likeness (QED) is 0.740. The maximum Gasteiger partial charge on any atom is 0.387 e. The van der Waals surface area contributed by atoms with E-state index in [0.717, 1.165) is 55.3 Å². The molecule has 2 atom stereocenters. The van der Waals surface area contributed by atoms with Crippen molar-refractivity contribution in [3.05, 3.63) is 58.9 Å². The molecule has 27 heavy (non-hydrogen) atoms. The highest BCUT2D eigenvalue weighted by molar-refractivity contribution is 6.31. The van der Waals surface area contributed by atoms with Gasteiger partial charge in [0.15, 0.2) is 0 Å². The van der Waals surface area contributed by atoms with Crippen molar-refractivity contribution in [3.63, 3.8) is 0 Å². The predicted octanol–water partition coefficient (Wildman–Crippen LogP) is 4.04. The SMILES string of the molecule is FC(F)Oc1ccc(CN2C[C@@H]3CN(Cc4ccncc4Cl)CC[C@@H]32)cc1. The zero-order valence-corrected chi connectivity index (χ0v) is 15.7. The second-order valence-corrected chi connectivity index (χ2v) is 7.68. The molecule has 2 fully saturated rings. The molecule has 0 amide bonds. The fraction of sp³-hybridized carbons (Fsp3) is 0.450. The molecule has 0 radical (unpaired) electrons. The Morgan fingerprint density at radius 3 is 2.67 bits per heavy atom. The number of piperidine rings is 1. The Morgan fingerprint density at radius 1 is 1.15 bits per heavy atom. The number of benzene rings is 1. The third-order valence-corrected chi connectivity index (χ3v) is 5.84. The molecule has 7 heteroatoms. The lowest BCUT2D eigenvalue weighted by atomic mass is 9.82. The summed E-state index contributed by atoms with van der Waals surface area (Å²) in [6.45, 7) is 2.15. The third kappa shape index (κ3) is 4.39. The third-order valence-electron chi connectivity index (χ3n) is 5.50. The summed E-state index contributed by atoms with van der Waals surface area (Å²) in [6.07, 6.45) is 4.63. The summed E-state index contributed by atoms with van der Waals surface area (Å²) in [5.41, 5.74) is 2.26. The molecular weight excluding hydrogens is 372 g/mol. The number of likely N-dealkylation sites (tertiary alicyclic amines) is 2. The first kappa shape index (κ1) is 18.6. The summed E-state index contributed by atoms with van der Waals surface area (Å²) in [7, 11) is 0. The highest BCUT2D eigenvalue weighted by Gasteiger charge is 2.42. The fourth-order valence-electron chi connectivity index (χ4n) is 4.16. The van der Waals surface area contributed by atoms with E-state index in [2.05, 4.69) is 19.5 Å². The molecule has 1 aromatic heterocycles. The van der Waals surface area contributed by atoms with Crippen LogP contribution in [0.15, 0.2) is 42.7 Å². The van der Waals surface area contributed by atoms with Gasteiger partial charge >= 0.3 is 6.61 Å². The number of hydrogen-bond donors (Lipinski definition) is 0. The van der Waals surface area contributed by atoms with Crippen LogP contribution >= 0.6 is 11.6 Å². The van der Waals surface area contributed by atoms with Crippen LogP contribution in [0.5, 0.6) is 5.75 Å². The van der Waals surface area contributed by atoms with Gasteiger partial charge in [-0.05, 0) is 48.2 Å². The Labute approximate surface area is 162 Å². The zero-order chi connectivity index (χ0) is 18.8. The van der Waals surface area contributed by atoms with Crippen LogP contribution in [-0.2, 0) is 13.1 Å². The Hall–Kier alpha value is -1.76. The molecule has 0 N–H and O–H groups in total. The van der Waals surface area contributed by atoms with E-state index in [0.29, 0.717) is 12.0 Å². The van der Waals surface area contributed by atoms with E-state index < -0.39 is 6.61 Å². The monoisotopic (exact) mass is 393 g/mol. The van der Waals surface area contributed by atoms with Crippen LogP contribution in [-0.4, -0.2) is 47.1 Å². The Kier molecular flexibility index (Phi) is 5.57. The highest BCUT2D eigenvalue weighted by Crippen LogP contribution is 2.34. The molecule has 2 aliphatic rings.